The van der Waals surface area contributed by atoms with E-state index in [1.165, 1.54) is 0 Å². The maximum Gasteiger partial charge on any atom is 0.130 e. The number of aryl methyl sites for hydroxylation is 2. The molecule has 0 aliphatic rings. The highest BCUT2D eigenvalue weighted by molar-refractivity contribution is 7.98. The van der Waals surface area contributed by atoms with Gasteiger partial charge in [-0.1, -0.05) is 11.6 Å². The van der Waals surface area contributed by atoms with Gasteiger partial charge in [-0.25, -0.2) is 0 Å². The first-order valence-corrected chi connectivity index (χ1v) is 6.68. The predicted molar refractivity (Wildman–Crippen MR) is 65.7 cm³/mol. The molecular weight excluding hydrogens is 232 g/mol. The molecule has 0 bridgehead atoms. The number of hydrogen-bond donors (Lipinski definition) is 1. The van der Waals surface area contributed by atoms with Crippen molar-refractivity contribution in [2.45, 2.75) is 25.9 Å². The minimum Gasteiger partial charge on any atom is -0.393 e. The highest BCUT2D eigenvalue weighted by Gasteiger charge is 2.14. The Bertz CT molecular complexity index is 327. The van der Waals surface area contributed by atoms with Gasteiger partial charge >= 0.3 is 0 Å². The molecule has 1 aromatic rings. The van der Waals surface area contributed by atoms with Gasteiger partial charge in [0.1, 0.15) is 5.15 Å². The van der Waals surface area contributed by atoms with Crippen LogP contribution in [0.2, 0.25) is 5.15 Å². The first-order chi connectivity index (χ1) is 7.06. The van der Waals surface area contributed by atoms with E-state index in [-0.39, 0.29) is 6.10 Å². The summed E-state index contributed by atoms with van der Waals surface area (Å²) in [6.45, 7) is 1.92. The molecule has 0 saturated heterocycles. The smallest absolute Gasteiger partial charge is 0.130 e. The second kappa shape index (κ2) is 5.77. The molecule has 1 aromatic heterocycles. The third-order valence-corrected chi connectivity index (χ3v) is 3.48. The molecule has 0 spiro atoms. The van der Waals surface area contributed by atoms with Crippen molar-refractivity contribution in [3.05, 3.63) is 16.4 Å². The molecule has 1 N–H and O–H groups in total. The fraction of sp³-hybridized carbons (Fsp3) is 0.700. The molecule has 1 atom stereocenters. The molecule has 0 aliphatic heterocycles. The molecule has 1 unspecified atom stereocenters. The number of halogens is 1. The number of aromatic nitrogens is 2. The van der Waals surface area contributed by atoms with Crippen molar-refractivity contribution < 1.29 is 5.11 Å². The Labute approximate surface area is 99.8 Å². The zero-order chi connectivity index (χ0) is 11.4. The van der Waals surface area contributed by atoms with Crippen LogP contribution in [0, 0.1) is 6.92 Å². The third-order valence-electron chi connectivity index (χ3n) is 2.36. The van der Waals surface area contributed by atoms with Crippen LogP contribution in [0.5, 0.6) is 0 Å². The van der Waals surface area contributed by atoms with E-state index in [0.717, 1.165) is 23.4 Å². The SMILES string of the molecule is CSCCC(O)Cc1c(C)nn(C)c1Cl. The van der Waals surface area contributed by atoms with Crippen LogP contribution in [0.1, 0.15) is 17.7 Å². The molecule has 0 aliphatic carbocycles. The van der Waals surface area contributed by atoms with Crippen molar-refractivity contribution in [2.75, 3.05) is 12.0 Å². The number of aliphatic hydroxyl groups excluding tert-OH is 1. The van der Waals surface area contributed by atoms with Gasteiger partial charge in [0.25, 0.3) is 0 Å². The molecular formula is C10H17ClN2OS. The molecule has 0 saturated carbocycles. The van der Waals surface area contributed by atoms with Crippen LogP contribution in [-0.4, -0.2) is 33.0 Å². The number of thioether (sulfide) groups is 1. The van der Waals surface area contributed by atoms with Gasteiger partial charge < -0.3 is 5.11 Å². The second-order valence-electron chi connectivity index (χ2n) is 3.62. The number of aliphatic hydroxyl groups is 1. The van der Waals surface area contributed by atoms with Crippen LogP contribution < -0.4 is 0 Å². The summed E-state index contributed by atoms with van der Waals surface area (Å²) in [5.41, 5.74) is 1.87. The molecule has 0 radical (unpaired) electrons. The van der Waals surface area contributed by atoms with E-state index in [2.05, 4.69) is 5.10 Å². The van der Waals surface area contributed by atoms with Crippen molar-refractivity contribution in [1.29, 1.82) is 0 Å². The topological polar surface area (TPSA) is 38.1 Å². The molecule has 1 heterocycles. The molecule has 0 aromatic carbocycles. The summed E-state index contributed by atoms with van der Waals surface area (Å²) in [6, 6.07) is 0. The van der Waals surface area contributed by atoms with Crippen molar-refractivity contribution in [1.82, 2.24) is 9.78 Å². The van der Waals surface area contributed by atoms with Gasteiger partial charge in [0.05, 0.1) is 11.8 Å². The number of nitrogens with zero attached hydrogens (tertiary/aromatic N) is 2. The minimum atomic E-state index is -0.321. The van der Waals surface area contributed by atoms with Crippen molar-refractivity contribution in [3.63, 3.8) is 0 Å². The Kier molecular flexibility index (Phi) is 4.96. The molecule has 86 valence electrons. The molecule has 0 fully saturated rings. The Balaban J connectivity index is 2.63. The Morgan fingerprint density at radius 1 is 1.60 bits per heavy atom. The zero-order valence-corrected chi connectivity index (χ0v) is 10.9. The van der Waals surface area contributed by atoms with E-state index in [1.54, 1.807) is 16.4 Å². The van der Waals surface area contributed by atoms with Gasteiger partial charge in [-0.3, -0.25) is 4.68 Å². The molecule has 3 nitrogen and oxygen atoms in total. The summed E-state index contributed by atoms with van der Waals surface area (Å²) in [5, 5.41) is 14.6. The monoisotopic (exact) mass is 248 g/mol. The summed E-state index contributed by atoms with van der Waals surface area (Å²) in [7, 11) is 1.81. The average molecular weight is 249 g/mol. The molecule has 15 heavy (non-hydrogen) atoms. The summed E-state index contributed by atoms with van der Waals surface area (Å²) < 4.78 is 1.65. The number of rotatable bonds is 5. The first kappa shape index (κ1) is 12.9. The maximum absolute atomic E-state index is 9.78. The van der Waals surface area contributed by atoms with E-state index >= 15 is 0 Å². The van der Waals surface area contributed by atoms with Crippen LogP contribution >= 0.6 is 23.4 Å². The normalized spacial score (nSPS) is 13.1. The Morgan fingerprint density at radius 2 is 2.27 bits per heavy atom. The average Bonchev–Trinajstić information content (AvgIpc) is 2.42. The quantitative estimate of drug-likeness (QED) is 0.867. The fourth-order valence-corrected chi connectivity index (χ4v) is 2.26. The van der Waals surface area contributed by atoms with Crippen LogP contribution in [0.15, 0.2) is 0 Å². The maximum atomic E-state index is 9.78. The second-order valence-corrected chi connectivity index (χ2v) is 4.96. The van der Waals surface area contributed by atoms with Gasteiger partial charge in [0, 0.05) is 19.0 Å². The predicted octanol–water partition coefficient (Wildman–Crippen LogP) is 2.04. The molecule has 1 rings (SSSR count). The Hall–Kier alpha value is -0.190. The minimum absolute atomic E-state index is 0.321. The zero-order valence-electron chi connectivity index (χ0n) is 9.33. The molecule has 0 amide bonds. The van der Waals surface area contributed by atoms with Crippen molar-refractivity contribution in [3.8, 4) is 0 Å². The van der Waals surface area contributed by atoms with Gasteiger partial charge in [-0.05, 0) is 25.4 Å². The fourth-order valence-electron chi connectivity index (χ4n) is 1.50. The first-order valence-electron chi connectivity index (χ1n) is 4.91. The van der Waals surface area contributed by atoms with E-state index < -0.39 is 0 Å². The van der Waals surface area contributed by atoms with E-state index in [0.29, 0.717) is 11.6 Å². The summed E-state index contributed by atoms with van der Waals surface area (Å²) in [5.74, 6) is 0.970. The van der Waals surface area contributed by atoms with Crippen LogP contribution in [-0.2, 0) is 13.5 Å². The summed E-state index contributed by atoms with van der Waals surface area (Å²) in [4.78, 5) is 0. The lowest BCUT2D eigenvalue weighted by atomic mass is 10.1. The lowest BCUT2D eigenvalue weighted by molar-refractivity contribution is 0.172. The van der Waals surface area contributed by atoms with Crippen molar-refractivity contribution in [2.24, 2.45) is 7.05 Å². The standard InChI is InChI=1S/C10H17ClN2OS/c1-7-9(10(11)13(2)12-7)6-8(14)4-5-15-3/h8,14H,4-6H2,1-3H3. The van der Waals surface area contributed by atoms with E-state index in [4.69, 9.17) is 11.6 Å². The summed E-state index contributed by atoms with van der Waals surface area (Å²) in [6.07, 6.45) is 3.11. The highest BCUT2D eigenvalue weighted by atomic mass is 35.5. The number of hydrogen-bond acceptors (Lipinski definition) is 3. The Morgan fingerprint density at radius 3 is 2.73 bits per heavy atom. The van der Waals surface area contributed by atoms with E-state index in [1.807, 2.05) is 20.2 Å². The lowest BCUT2D eigenvalue weighted by Gasteiger charge is -2.09. The largest absolute Gasteiger partial charge is 0.393 e. The van der Waals surface area contributed by atoms with Gasteiger partial charge in [0.2, 0.25) is 0 Å². The van der Waals surface area contributed by atoms with Crippen LogP contribution in [0.25, 0.3) is 0 Å². The van der Waals surface area contributed by atoms with Crippen molar-refractivity contribution >= 4 is 23.4 Å². The van der Waals surface area contributed by atoms with Gasteiger partial charge in [-0.2, -0.15) is 16.9 Å². The van der Waals surface area contributed by atoms with Crippen LogP contribution in [0.3, 0.4) is 0 Å². The highest BCUT2D eigenvalue weighted by Crippen LogP contribution is 2.21. The third kappa shape index (κ3) is 3.40. The van der Waals surface area contributed by atoms with E-state index in [9.17, 15) is 5.11 Å². The van der Waals surface area contributed by atoms with Crippen LogP contribution in [0.4, 0.5) is 0 Å². The lowest BCUT2D eigenvalue weighted by Crippen LogP contribution is -2.12. The van der Waals surface area contributed by atoms with Gasteiger partial charge in [0.15, 0.2) is 0 Å². The summed E-state index contributed by atoms with van der Waals surface area (Å²) >= 11 is 7.82. The molecule has 5 heteroatoms. The van der Waals surface area contributed by atoms with Gasteiger partial charge in [-0.15, -0.1) is 0 Å².